The van der Waals surface area contributed by atoms with E-state index >= 15 is 0 Å². The Balaban J connectivity index is 2.49. The topological polar surface area (TPSA) is 30.0 Å². The Morgan fingerprint density at radius 1 is 1.21 bits per heavy atom. The van der Waals surface area contributed by atoms with Crippen molar-refractivity contribution >= 4 is 27.8 Å². The fourth-order valence-electron chi connectivity index (χ4n) is 1.68. The van der Waals surface area contributed by atoms with Crippen LogP contribution in [0, 0.1) is 0 Å². The van der Waals surface area contributed by atoms with E-state index in [4.69, 9.17) is 0 Å². The highest BCUT2D eigenvalue weighted by molar-refractivity contribution is 7.88. The van der Waals surface area contributed by atoms with Crippen molar-refractivity contribution in [1.29, 1.82) is 0 Å². The molecular formula is C11H7NOS. The third-order valence-electron chi connectivity index (χ3n) is 2.36. The summed E-state index contributed by atoms with van der Waals surface area (Å²) in [6, 6.07) is 7.90. The number of hydrogen-bond acceptors (Lipinski definition) is 2. The average Bonchev–Trinajstić information content (AvgIpc) is 2.61. The van der Waals surface area contributed by atoms with E-state index in [1.54, 1.807) is 11.6 Å². The van der Waals surface area contributed by atoms with Crippen LogP contribution in [0.25, 0.3) is 17.0 Å². The smallest absolute Gasteiger partial charge is 0.0798 e. The van der Waals surface area contributed by atoms with Gasteiger partial charge in [0, 0.05) is 22.6 Å². The summed E-state index contributed by atoms with van der Waals surface area (Å²) in [4.78, 5) is 5.09. The molecule has 0 bridgehead atoms. The molecule has 2 aromatic rings. The van der Waals surface area contributed by atoms with Gasteiger partial charge in [0.1, 0.15) is 0 Å². The molecule has 0 amide bonds. The zero-order valence-electron chi connectivity index (χ0n) is 7.31. The number of para-hydroxylation sites is 1. The molecule has 3 rings (SSSR count). The standard InChI is InChI=1S/C11H7NOS/c13-14-6-5-9-8-3-1-2-4-10(8)12-7-11(9)14/h1-7H. The Labute approximate surface area is 83.7 Å². The third-order valence-corrected chi connectivity index (χ3v) is 3.50. The largest absolute Gasteiger partial charge is 0.255 e. The highest BCUT2D eigenvalue weighted by Crippen LogP contribution is 2.29. The van der Waals surface area contributed by atoms with Gasteiger partial charge >= 0.3 is 0 Å². The predicted molar refractivity (Wildman–Crippen MR) is 57.2 cm³/mol. The van der Waals surface area contributed by atoms with Crippen molar-refractivity contribution in [3.8, 4) is 0 Å². The molecule has 68 valence electrons. The minimum absolute atomic E-state index is 0.823. The second-order valence-electron chi connectivity index (χ2n) is 3.15. The molecule has 0 radical (unpaired) electrons. The van der Waals surface area contributed by atoms with E-state index in [1.165, 1.54) is 0 Å². The van der Waals surface area contributed by atoms with Crippen molar-refractivity contribution in [2.45, 2.75) is 4.90 Å². The van der Waals surface area contributed by atoms with Crippen LogP contribution in [0.15, 0.2) is 40.8 Å². The Morgan fingerprint density at radius 3 is 3.00 bits per heavy atom. The van der Waals surface area contributed by atoms with Crippen LogP contribution >= 0.6 is 0 Å². The molecule has 2 nitrogen and oxygen atoms in total. The minimum atomic E-state index is -0.997. The summed E-state index contributed by atoms with van der Waals surface area (Å²) in [6.45, 7) is 0. The molecule has 0 aliphatic carbocycles. The van der Waals surface area contributed by atoms with Crippen LogP contribution in [-0.4, -0.2) is 9.19 Å². The zero-order chi connectivity index (χ0) is 9.54. The lowest BCUT2D eigenvalue weighted by Gasteiger charge is -2.01. The molecule has 1 aliphatic rings. The average molecular weight is 201 g/mol. The molecule has 2 heterocycles. The van der Waals surface area contributed by atoms with Gasteiger partial charge in [0.15, 0.2) is 0 Å². The second-order valence-corrected chi connectivity index (χ2v) is 4.46. The van der Waals surface area contributed by atoms with Crippen molar-refractivity contribution in [2.24, 2.45) is 0 Å². The van der Waals surface area contributed by atoms with Crippen LogP contribution in [0.4, 0.5) is 0 Å². The maximum Gasteiger partial charge on any atom is 0.0798 e. The lowest BCUT2D eigenvalue weighted by Crippen LogP contribution is -1.88. The summed E-state index contributed by atoms with van der Waals surface area (Å²) >= 11 is 0. The van der Waals surface area contributed by atoms with E-state index in [1.807, 2.05) is 30.3 Å². The molecule has 1 aromatic heterocycles. The van der Waals surface area contributed by atoms with Crippen molar-refractivity contribution in [3.05, 3.63) is 41.4 Å². The number of rotatable bonds is 0. The van der Waals surface area contributed by atoms with Crippen LogP contribution in [-0.2, 0) is 10.8 Å². The van der Waals surface area contributed by atoms with E-state index in [-0.39, 0.29) is 0 Å². The van der Waals surface area contributed by atoms with E-state index in [0.29, 0.717) is 0 Å². The molecule has 1 aliphatic heterocycles. The normalized spacial score (nSPS) is 18.7. The molecule has 0 fully saturated rings. The van der Waals surface area contributed by atoms with Crippen molar-refractivity contribution in [2.75, 3.05) is 0 Å². The summed E-state index contributed by atoms with van der Waals surface area (Å²) < 4.78 is 11.5. The maximum absolute atomic E-state index is 11.5. The lowest BCUT2D eigenvalue weighted by molar-refractivity contribution is 0.689. The van der Waals surface area contributed by atoms with Gasteiger partial charge in [0.05, 0.1) is 21.2 Å². The van der Waals surface area contributed by atoms with Gasteiger partial charge in [-0.2, -0.15) is 0 Å². The van der Waals surface area contributed by atoms with Gasteiger partial charge in [-0.15, -0.1) is 0 Å². The van der Waals surface area contributed by atoms with Gasteiger partial charge < -0.3 is 0 Å². The van der Waals surface area contributed by atoms with E-state index in [0.717, 1.165) is 21.4 Å². The van der Waals surface area contributed by atoms with Gasteiger partial charge in [-0.3, -0.25) is 4.98 Å². The first-order chi connectivity index (χ1) is 6.86. The first-order valence-electron chi connectivity index (χ1n) is 4.33. The highest BCUT2D eigenvalue weighted by Gasteiger charge is 2.15. The molecule has 1 aromatic carbocycles. The van der Waals surface area contributed by atoms with Crippen LogP contribution in [0.2, 0.25) is 0 Å². The summed E-state index contributed by atoms with van der Waals surface area (Å²) in [6.07, 6.45) is 3.61. The fraction of sp³-hybridized carbons (Fsp3) is 0. The number of hydrogen-bond donors (Lipinski definition) is 0. The van der Waals surface area contributed by atoms with Gasteiger partial charge in [-0.25, -0.2) is 4.21 Å². The predicted octanol–water partition coefficient (Wildman–Crippen LogP) is 2.33. The van der Waals surface area contributed by atoms with Gasteiger partial charge in [0.2, 0.25) is 0 Å². The highest BCUT2D eigenvalue weighted by atomic mass is 32.2. The van der Waals surface area contributed by atoms with Crippen molar-refractivity contribution in [3.63, 3.8) is 0 Å². The second kappa shape index (κ2) is 2.75. The third kappa shape index (κ3) is 0.960. The first kappa shape index (κ1) is 7.88. The van der Waals surface area contributed by atoms with Gasteiger partial charge in [-0.05, 0) is 12.1 Å². The number of nitrogens with zero attached hydrogens (tertiary/aromatic N) is 1. The Morgan fingerprint density at radius 2 is 2.07 bits per heavy atom. The molecular weight excluding hydrogens is 194 g/mol. The van der Waals surface area contributed by atoms with E-state index < -0.39 is 10.8 Å². The minimum Gasteiger partial charge on any atom is -0.255 e. The Kier molecular flexibility index (Phi) is 1.55. The molecule has 14 heavy (non-hydrogen) atoms. The van der Waals surface area contributed by atoms with Crippen LogP contribution < -0.4 is 0 Å². The lowest BCUT2D eigenvalue weighted by atomic mass is 10.1. The number of benzene rings is 1. The number of aromatic nitrogens is 1. The van der Waals surface area contributed by atoms with E-state index in [2.05, 4.69) is 4.98 Å². The maximum atomic E-state index is 11.5. The molecule has 0 saturated heterocycles. The Hall–Kier alpha value is -1.48. The van der Waals surface area contributed by atoms with Gasteiger partial charge in [0.25, 0.3) is 0 Å². The quantitative estimate of drug-likeness (QED) is 0.654. The Bertz CT molecular complexity index is 575. The SMILES string of the molecule is O=S1C=Cc2c1cnc1ccccc21. The van der Waals surface area contributed by atoms with Crippen molar-refractivity contribution in [1.82, 2.24) is 4.98 Å². The molecule has 1 atom stereocenters. The molecule has 3 heteroatoms. The summed E-state index contributed by atoms with van der Waals surface area (Å²) in [5.74, 6) is 0. The molecule has 0 spiro atoms. The number of pyridine rings is 1. The van der Waals surface area contributed by atoms with Crippen LogP contribution in [0.5, 0.6) is 0 Å². The van der Waals surface area contributed by atoms with Crippen LogP contribution in [0.1, 0.15) is 5.56 Å². The van der Waals surface area contributed by atoms with E-state index in [9.17, 15) is 4.21 Å². The molecule has 0 saturated carbocycles. The summed E-state index contributed by atoms with van der Waals surface area (Å²) in [5.41, 5.74) is 2.00. The van der Waals surface area contributed by atoms with Crippen molar-refractivity contribution < 1.29 is 4.21 Å². The number of fused-ring (bicyclic) bond motifs is 3. The summed E-state index contributed by atoms with van der Waals surface area (Å²) in [7, 11) is -0.997. The van der Waals surface area contributed by atoms with Gasteiger partial charge in [-0.1, -0.05) is 18.2 Å². The summed E-state index contributed by atoms with van der Waals surface area (Å²) in [5, 5.41) is 2.78. The fourth-order valence-corrected chi connectivity index (χ4v) is 2.64. The zero-order valence-corrected chi connectivity index (χ0v) is 8.12. The molecule has 1 unspecified atom stereocenters. The first-order valence-corrected chi connectivity index (χ1v) is 5.54. The van der Waals surface area contributed by atoms with Crippen LogP contribution in [0.3, 0.4) is 0 Å². The molecule has 0 N–H and O–H groups in total. The monoisotopic (exact) mass is 201 g/mol.